The molecular weight excluding hydrogens is 283 g/mol. The van der Waals surface area contributed by atoms with Gasteiger partial charge in [0.05, 0.1) is 5.56 Å². The van der Waals surface area contributed by atoms with Gasteiger partial charge in [-0.2, -0.15) is 0 Å². The first-order valence-corrected chi connectivity index (χ1v) is 7.44. The van der Waals surface area contributed by atoms with Crippen molar-refractivity contribution < 1.29 is 4.79 Å². The predicted octanol–water partition coefficient (Wildman–Crippen LogP) is 4.09. The van der Waals surface area contributed by atoms with Crippen LogP contribution in [-0.4, -0.2) is 16.9 Å². The molecule has 5 heteroatoms. The highest BCUT2D eigenvalue weighted by Crippen LogP contribution is 2.23. The summed E-state index contributed by atoms with van der Waals surface area (Å²) < 4.78 is 0. The standard InChI is InChI=1S/C14H18Cl2N2O/c1-9-3-2-4-10(6-5-9)17-14(19)11-7-8-12(15)18-13(11)16/h7-10H,2-6H2,1H3,(H,17,19). The molecule has 1 fully saturated rings. The maximum absolute atomic E-state index is 12.2. The highest BCUT2D eigenvalue weighted by Gasteiger charge is 2.20. The topological polar surface area (TPSA) is 42.0 Å². The smallest absolute Gasteiger partial charge is 0.254 e. The minimum atomic E-state index is -0.159. The molecule has 1 heterocycles. The van der Waals surface area contributed by atoms with E-state index in [1.165, 1.54) is 12.8 Å². The van der Waals surface area contributed by atoms with E-state index < -0.39 is 0 Å². The van der Waals surface area contributed by atoms with Crippen LogP contribution in [0.25, 0.3) is 0 Å². The third-order valence-corrected chi connectivity index (χ3v) is 4.15. The fraction of sp³-hybridized carbons (Fsp3) is 0.571. The molecule has 0 aliphatic heterocycles. The van der Waals surface area contributed by atoms with Crippen molar-refractivity contribution in [2.75, 3.05) is 0 Å². The van der Waals surface area contributed by atoms with Crippen molar-refractivity contribution in [1.29, 1.82) is 0 Å². The maximum atomic E-state index is 12.2. The number of halogens is 2. The van der Waals surface area contributed by atoms with Gasteiger partial charge >= 0.3 is 0 Å². The van der Waals surface area contributed by atoms with Gasteiger partial charge in [0.1, 0.15) is 10.3 Å². The van der Waals surface area contributed by atoms with Crippen LogP contribution >= 0.6 is 23.2 Å². The summed E-state index contributed by atoms with van der Waals surface area (Å²) in [5.41, 5.74) is 0.392. The number of pyridine rings is 1. The predicted molar refractivity (Wildman–Crippen MR) is 77.8 cm³/mol. The Bertz CT molecular complexity index is 465. The summed E-state index contributed by atoms with van der Waals surface area (Å²) in [5, 5.41) is 3.50. The van der Waals surface area contributed by atoms with E-state index in [2.05, 4.69) is 17.2 Å². The molecule has 2 rings (SSSR count). The van der Waals surface area contributed by atoms with Crippen LogP contribution in [0.5, 0.6) is 0 Å². The van der Waals surface area contributed by atoms with Crippen LogP contribution in [0.1, 0.15) is 49.4 Å². The van der Waals surface area contributed by atoms with Gasteiger partial charge < -0.3 is 5.32 Å². The zero-order valence-electron chi connectivity index (χ0n) is 11.0. The molecule has 104 valence electrons. The number of hydrogen-bond acceptors (Lipinski definition) is 2. The molecule has 1 aliphatic carbocycles. The highest BCUT2D eigenvalue weighted by molar-refractivity contribution is 6.34. The molecule has 2 atom stereocenters. The largest absolute Gasteiger partial charge is 0.349 e. The van der Waals surface area contributed by atoms with Gasteiger partial charge in [-0.05, 0) is 37.3 Å². The Morgan fingerprint density at radius 3 is 2.79 bits per heavy atom. The summed E-state index contributed by atoms with van der Waals surface area (Å²) in [5.74, 6) is 0.594. The first-order valence-electron chi connectivity index (χ1n) is 6.69. The SMILES string of the molecule is CC1CCCC(NC(=O)c2ccc(Cl)nc2Cl)CC1. The molecule has 3 nitrogen and oxygen atoms in total. The fourth-order valence-corrected chi connectivity index (χ4v) is 2.91. The lowest BCUT2D eigenvalue weighted by atomic mass is 10.0. The number of carbonyl (C=O) groups is 1. The normalized spacial score (nSPS) is 23.7. The monoisotopic (exact) mass is 300 g/mol. The lowest BCUT2D eigenvalue weighted by molar-refractivity contribution is 0.0933. The van der Waals surface area contributed by atoms with E-state index in [1.807, 2.05) is 0 Å². The Kier molecular flexibility index (Phi) is 5.06. The Morgan fingerprint density at radius 2 is 2.05 bits per heavy atom. The van der Waals surface area contributed by atoms with E-state index in [1.54, 1.807) is 12.1 Å². The molecule has 1 aliphatic rings. The summed E-state index contributed by atoms with van der Waals surface area (Å²) >= 11 is 11.7. The third kappa shape index (κ3) is 4.08. The van der Waals surface area contributed by atoms with Crippen LogP contribution in [-0.2, 0) is 0 Å². The molecule has 0 bridgehead atoms. The maximum Gasteiger partial charge on any atom is 0.254 e. The fourth-order valence-electron chi connectivity index (χ4n) is 2.48. The van der Waals surface area contributed by atoms with Crippen molar-refractivity contribution in [3.63, 3.8) is 0 Å². The average Bonchev–Trinajstić information content (AvgIpc) is 2.54. The number of hydrogen-bond donors (Lipinski definition) is 1. The van der Waals surface area contributed by atoms with Gasteiger partial charge in [-0.15, -0.1) is 0 Å². The minimum absolute atomic E-state index is 0.159. The van der Waals surface area contributed by atoms with Gasteiger partial charge in [0.2, 0.25) is 0 Å². The lowest BCUT2D eigenvalue weighted by Crippen LogP contribution is -2.34. The summed E-state index contributed by atoms with van der Waals surface area (Å²) in [6, 6.07) is 3.44. The summed E-state index contributed by atoms with van der Waals surface area (Å²) in [6.07, 6.45) is 5.64. The van der Waals surface area contributed by atoms with E-state index in [4.69, 9.17) is 23.2 Å². The molecule has 1 saturated carbocycles. The number of nitrogens with zero attached hydrogens (tertiary/aromatic N) is 1. The van der Waals surface area contributed by atoms with Crippen LogP contribution in [0.4, 0.5) is 0 Å². The van der Waals surface area contributed by atoms with Crippen LogP contribution in [0, 0.1) is 5.92 Å². The first-order chi connectivity index (χ1) is 9.06. The number of nitrogens with one attached hydrogen (secondary N) is 1. The number of rotatable bonds is 2. The van der Waals surface area contributed by atoms with E-state index in [9.17, 15) is 4.79 Å². The molecule has 0 spiro atoms. The van der Waals surface area contributed by atoms with Crippen molar-refractivity contribution in [2.24, 2.45) is 5.92 Å². The van der Waals surface area contributed by atoms with Crippen molar-refractivity contribution >= 4 is 29.1 Å². The van der Waals surface area contributed by atoms with Crippen molar-refractivity contribution in [3.05, 3.63) is 28.0 Å². The van der Waals surface area contributed by atoms with Crippen LogP contribution in [0.15, 0.2) is 12.1 Å². The zero-order chi connectivity index (χ0) is 13.8. The Hall–Kier alpha value is -0.800. The molecular formula is C14H18Cl2N2O. The molecule has 1 aromatic heterocycles. The van der Waals surface area contributed by atoms with Crippen molar-refractivity contribution in [2.45, 2.75) is 45.1 Å². The second-order valence-corrected chi connectivity index (χ2v) is 6.00. The quantitative estimate of drug-likeness (QED) is 0.660. The van der Waals surface area contributed by atoms with Gasteiger partial charge in [-0.1, -0.05) is 43.0 Å². The molecule has 19 heavy (non-hydrogen) atoms. The number of aromatic nitrogens is 1. The summed E-state index contributed by atoms with van der Waals surface area (Å²) in [6.45, 7) is 2.27. The molecule has 1 N–H and O–H groups in total. The number of amides is 1. The molecule has 0 radical (unpaired) electrons. The first kappa shape index (κ1) is 14.6. The van der Waals surface area contributed by atoms with Crippen molar-refractivity contribution in [3.8, 4) is 0 Å². The highest BCUT2D eigenvalue weighted by atomic mass is 35.5. The van der Waals surface area contributed by atoms with Gasteiger partial charge in [-0.3, -0.25) is 4.79 Å². The molecule has 0 aromatic carbocycles. The molecule has 1 aromatic rings. The Labute approximate surface area is 123 Å². The molecule has 1 amide bonds. The van der Waals surface area contributed by atoms with E-state index in [-0.39, 0.29) is 17.1 Å². The number of carbonyl (C=O) groups excluding carboxylic acids is 1. The summed E-state index contributed by atoms with van der Waals surface area (Å²) in [7, 11) is 0. The van der Waals surface area contributed by atoms with Gasteiger partial charge in [0.15, 0.2) is 0 Å². The Morgan fingerprint density at radius 1 is 1.26 bits per heavy atom. The second kappa shape index (κ2) is 6.58. The zero-order valence-corrected chi connectivity index (χ0v) is 12.5. The van der Waals surface area contributed by atoms with E-state index in [0.717, 1.165) is 25.2 Å². The average molecular weight is 301 g/mol. The van der Waals surface area contributed by atoms with Crippen LogP contribution in [0.3, 0.4) is 0 Å². The van der Waals surface area contributed by atoms with Crippen LogP contribution < -0.4 is 5.32 Å². The molecule has 2 unspecified atom stereocenters. The third-order valence-electron chi connectivity index (χ3n) is 3.65. The minimum Gasteiger partial charge on any atom is -0.349 e. The summed E-state index contributed by atoms with van der Waals surface area (Å²) in [4.78, 5) is 16.0. The lowest BCUT2D eigenvalue weighted by Gasteiger charge is -2.16. The van der Waals surface area contributed by atoms with Gasteiger partial charge in [0, 0.05) is 6.04 Å². The van der Waals surface area contributed by atoms with Crippen molar-refractivity contribution in [1.82, 2.24) is 10.3 Å². The van der Waals surface area contributed by atoms with Gasteiger partial charge in [-0.25, -0.2) is 4.98 Å². The molecule has 0 saturated heterocycles. The van der Waals surface area contributed by atoms with Gasteiger partial charge in [0.25, 0.3) is 5.91 Å². The Balaban J connectivity index is 2.00. The van der Waals surface area contributed by atoms with Crippen LogP contribution in [0.2, 0.25) is 10.3 Å². The van der Waals surface area contributed by atoms with E-state index in [0.29, 0.717) is 10.7 Å². The second-order valence-electron chi connectivity index (χ2n) is 5.26. The van der Waals surface area contributed by atoms with E-state index >= 15 is 0 Å².